The Morgan fingerprint density at radius 2 is 1.96 bits per heavy atom. The Kier molecular flexibility index (Phi) is 5.86. The maximum atomic E-state index is 12.1. The molecule has 5 nitrogen and oxygen atoms in total. The number of aromatic nitrogens is 1. The van der Waals surface area contributed by atoms with Crippen LogP contribution in [0.5, 0.6) is 0 Å². The lowest BCUT2D eigenvalue weighted by Crippen LogP contribution is -2.11. The second kappa shape index (κ2) is 7.96. The molecule has 9 heteroatoms. The van der Waals surface area contributed by atoms with E-state index >= 15 is 0 Å². The molecule has 3 rings (SSSR count). The lowest BCUT2D eigenvalue weighted by atomic mass is 10.3. The lowest BCUT2D eigenvalue weighted by molar-refractivity contribution is -0.115. The van der Waals surface area contributed by atoms with Crippen molar-refractivity contribution >= 4 is 65.8 Å². The minimum Gasteiger partial charge on any atom is -0.302 e. The van der Waals surface area contributed by atoms with Crippen molar-refractivity contribution < 1.29 is 13.2 Å². The van der Waals surface area contributed by atoms with Crippen LogP contribution < -0.4 is 5.32 Å². The summed E-state index contributed by atoms with van der Waals surface area (Å²) in [5.41, 5.74) is 0.660. The van der Waals surface area contributed by atoms with Crippen LogP contribution in [0.1, 0.15) is 6.42 Å². The third kappa shape index (κ3) is 4.97. The Labute approximate surface area is 164 Å². The zero-order valence-corrected chi connectivity index (χ0v) is 16.9. The number of fused-ring (bicyclic) bond motifs is 1. The Balaban J connectivity index is 1.59. The summed E-state index contributed by atoms with van der Waals surface area (Å²) in [6.45, 7) is 0. The average molecular weight is 427 g/mol. The summed E-state index contributed by atoms with van der Waals surface area (Å²) in [6, 6.07) is 12.2. The molecule has 0 saturated carbocycles. The van der Waals surface area contributed by atoms with Gasteiger partial charge in [-0.05, 0) is 42.5 Å². The van der Waals surface area contributed by atoms with Gasteiger partial charge >= 0.3 is 0 Å². The second-order valence-corrected chi connectivity index (χ2v) is 10.2. The van der Waals surface area contributed by atoms with Gasteiger partial charge < -0.3 is 5.32 Å². The second-order valence-electron chi connectivity index (χ2n) is 5.52. The SMILES string of the molecule is CS(=O)(=O)c1ccc2nc(NC(=O)CCSc3ccc(Cl)cc3)sc2c1. The topological polar surface area (TPSA) is 76.1 Å². The number of rotatable bonds is 6. The molecule has 26 heavy (non-hydrogen) atoms. The summed E-state index contributed by atoms with van der Waals surface area (Å²) < 4.78 is 24.0. The standard InChI is InChI=1S/C17H15ClN2O3S3/c1-26(22,23)13-6-7-14-15(10-13)25-17(19-14)20-16(21)8-9-24-12-4-2-11(18)3-5-12/h2-7,10H,8-9H2,1H3,(H,19,20,21). The van der Waals surface area contributed by atoms with Crippen LogP contribution >= 0.6 is 34.7 Å². The predicted octanol–water partition coefficient (Wildman–Crippen LogP) is 4.47. The monoisotopic (exact) mass is 426 g/mol. The van der Waals surface area contributed by atoms with Crippen LogP contribution in [-0.2, 0) is 14.6 Å². The van der Waals surface area contributed by atoms with Crippen LogP contribution in [0.25, 0.3) is 10.2 Å². The summed E-state index contributed by atoms with van der Waals surface area (Å²) in [7, 11) is -3.27. The fourth-order valence-corrected chi connectivity index (χ4v) is 4.78. The molecule has 0 aliphatic carbocycles. The first-order valence-electron chi connectivity index (χ1n) is 7.60. The number of nitrogens with zero attached hydrogens (tertiary/aromatic N) is 1. The van der Waals surface area contributed by atoms with Gasteiger partial charge in [-0.1, -0.05) is 22.9 Å². The van der Waals surface area contributed by atoms with Crippen molar-refractivity contribution in [3.63, 3.8) is 0 Å². The molecule has 3 aromatic rings. The summed E-state index contributed by atoms with van der Waals surface area (Å²) in [5.74, 6) is 0.505. The van der Waals surface area contributed by atoms with Gasteiger partial charge in [-0.25, -0.2) is 13.4 Å². The highest BCUT2D eigenvalue weighted by atomic mass is 35.5. The lowest BCUT2D eigenvalue weighted by Gasteiger charge is -2.02. The molecular formula is C17H15ClN2O3S3. The van der Waals surface area contributed by atoms with Crippen molar-refractivity contribution in [1.82, 2.24) is 4.98 Å². The van der Waals surface area contributed by atoms with Crippen LogP contribution in [0.4, 0.5) is 5.13 Å². The molecular weight excluding hydrogens is 412 g/mol. The summed E-state index contributed by atoms with van der Waals surface area (Å²) >= 11 is 8.67. The van der Waals surface area contributed by atoms with E-state index in [9.17, 15) is 13.2 Å². The molecule has 136 valence electrons. The molecule has 0 bridgehead atoms. The summed E-state index contributed by atoms with van der Waals surface area (Å²) in [6.07, 6.45) is 1.51. The van der Waals surface area contributed by atoms with E-state index in [1.807, 2.05) is 24.3 Å². The quantitative estimate of drug-likeness (QED) is 0.588. The molecule has 1 N–H and O–H groups in total. The van der Waals surface area contributed by atoms with Crippen molar-refractivity contribution in [2.75, 3.05) is 17.3 Å². The molecule has 0 saturated heterocycles. The number of hydrogen-bond donors (Lipinski definition) is 1. The maximum Gasteiger partial charge on any atom is 0.226 e. The van der Waals surface area contributed by atoms with E-state index in [4.69, 9.17) is 11.6 Å². The first-order chi connectivity index (χ1) is 12.3. The molecule has 0 unspecified atom stereocenters. The van der Waals surface area contributed by atoms with E-state index in [-0.39, 0.29) is 10.8 Å². The van der Waals surface area contributed by atoms with Gasteiger partial charge in [0.2, 0.25) is 5.91 Å². The first-order valence-corrected chi connectivity index (χ1v) is 11.7. The van der Waals surface area contributed by atoms with Gasteiger partial charge in [-0.2, -0.15) is 0 Å². The maximum absolute atomic E-state index is 12.1. The molecule has 1 aromatic heterocycles. The van der Waals surface area contributed by atoms with Crippen LogP contribution in [0, 0.1) is 0 Å². The molecule has 0 aliphatic heterocycles. The molecule has 1 amide bonds. The van der Waals surface area contributed by atoms with Crippen molar-refractivity contribution in [2.45, 2.75) is 16.2 Å². The van der Waals surface area contributed by atoms with Crippen molar-refractivity contribution in [3.05, 3.63) is 47.5 Å². The number of amides is 1. The van der Waals surface area contributed by atoms with Gasteiger partial charge in [-0.3, -0.25) is 4.79 Å². The van der Waals surface area contributed by atoms with Gasteiger partial charge in [0.05, 0.1) is 15.1 Å². The molecule has 0 atom stereocenters. The number of benzene rings is 2. The fraction of sp³-hybridized carbons (Fsp3) is 0.176. The highest BCUT2D eigenvalue weighted by molar-refractivity contribution is 7.99. The molecule has 2 aromatic carbocycles. The van der Waals surface area contributed by atoms with E-state index in [2.05, 4.69) is 10.3 Å². The van der Waals surface area contributed by atoms with Gasteiger partial charge in [0.15, 0.2) is 15.0 Å². The highest BCUT2D eigenvalue weighted by Gasteiger charge is 2.12. The zero-order chi connectivity index (χ0) is 18.7. The normalized spacial score (nSPS) is 11.6. The number of carbonyl (C=O) groups excluding carboxylic acids is 1. The van der Waals surface area contributed by atoms with Crippen molar-refractivity contribution in [3.8, 4) is 0 Å². The number of sulfone groups is 1. The Bertz CT molecular complexity index is 1050. The molecule has 1 heterocycles. The number of thioether (sulfide) groups is 1. The number of thiazole rings is 1. The Morgan fingerprint density at radius 1 is 1.23 bits per heavy atom. The number of hydrogen-bond acceptors (Lipinski definition) is 6. The first kappa shape index (κ1) is 19.2. The minimum absolute atomic E-state index is 0.131. The molecule has 0 aliphatic rings. The van der Waals surface area contributed by atoms with Crippen molar-refractivity contribution in [2.24, 2.45) is 0 Å². The summed E-state index contributed by atoms with van der Waals surface area (Å²) in [4.78, 5) is 17.7. The van der Waals surface area contributed by atoms with Crippen molar-refractivity contribution in [1.29, 1.82) is 0 Å². The van der Waals surface area contributed by atoms with E-state index < -0.39 is 9.84 Å². The average Bonchev–Trinajstić information content (AvgIpc) is 2.97. The van der Waals surface area contributed by atoms with E-state index in [0.29, 0.717) is 27.8 Å². The largest absolute Gasteiger partial charge is 0.302 e. The molecule has 0 radical (unpaired) electrons. The van der Waals surface area contributed by atoms with E-state index in [0.717, 1.165) is 15.9 Å². The predicted molar refractivity (Wildman–Crippen MR) is 108 cm³/mol. The smallest absolute Gasteiger partial charge is 0.226 e. The number of nitrogens with one attached hydrogen (secondary N) is 1. The summed E-state index contributed by atoms with van der Waals surface area (Å²) in [5, 5.41) is 3.92. The minimum atomic E-state index is -3.27. The number of carbonyl (C=O) groups is 1. The van der Waals surface area contributed by atoms with Crippen LogP contribution in [0.3, 0.4) is 0 Å². The molecule has 0 spiro atoms. The zero-order valence-electron chi connectivity index (χ0n) is 13.7. The van der Waals surface area contributed by atoms with Gasteiger partial charge in [0, 0.05) is 28.3 Å². The van der Waals surface area contributed by atoms with E-state index in [1.165, 1.54) is 17.4 Å². The van der Waals surface area contributed by atoms with Gasteiger partial charge in [-0.15, -0.1) is 11.8 Å². The van der Waals surface area contributed by atoms with Crippen LogP contribution in [-0.4, -0.2) is 31.3 Å². The fourth-order valence-electron chi connectivity index (χ4n) is 2.16. The number of anilines is 1. The number of halogens is 1. The van der Waals surface area contributed by atoms with E-state index in [1.54, 1.807) is 23.9 Å². The third-order valence-electron chi connectivity index (χ3n) is 3.45. The van der Waals surface area contributed by atoms with Crippen LogP contribution in [0.15, 0.2) is 52.3 Å². The van der Waals surface area contributed by atoms with Gasteiger partial charge in [0.1, 0.15) is 0 Å². The third-order valence-corrected chi connectivity index (χ3v) is 6.76. The van der Waals surface area contributed by atoms with Gasteiger partial charge in [0.25, 0.3) is 0 Å². The Morgan fingerprint density at radius 3 is 2.65 bits per heavy atom. The highest BCUT2D eigenvalue weighted by Crippen LogP contribution is 2.28. The Hall–Kier alpha value is -1.61. The van der Waals surface area contributed by atoms with Crippen LogP contribution in [0.2, 0.25) is 5.02 Å². The molecule has 0 fully saturated rings.